The van der Waals surface area contributed by atoms with E-state index in [0.717, 1.165) is 0 Å². The Labute approximate surface area is 60.9 Å². The molecule has 0 aliphatic heterocycles. The Hall–Kier alpha value is -0.820. The maximum Gasteiger partial charge on any atom is 0.111 e. The Morgan fingerprint density at radius 1 is 1.30 bits per heavy atom. The van der Waals surface area contributed by atoms with Crippen molar-refractivity contribution in [1.82, 2.24) is 0 Å². The van der Waals surface area contributed by atoms with Crippen LogP contribution in [-0.4, -0.2) is 0 Å². The van der Waals surface area contributed by atoms with Crippen molar-refractivity contribution < 1.29 is 5.73 Å². The van der Waals surface area contributed by atoms with Crippen molar-refractivity contribution in [3.05, 3.63) is 35.4 Å². The molecule has 0 unspecified atom stereocenters. The number of aryl methyl sites for hydroxylation is 1. The molecule has 1 aliphatic carbocycles. The zero-order valence-corrected chi connectivity index (χ0v) is 6.01. The molecule has 1 aromatic carbocycles. The van der Waals surface area contributed by atoms with E-state index in [2.05, 4.69) is 30.0 Å². The van der Waals surface area contributed by atoms with Gasteiger partial charge in [-0.3, -0.25) is 0 Å². The minimum absolute atomic E-state index is 0.552. The maximum atomic E-state index is 4.08. The molecule has 0 spiro atoms. The highest BCUT2D eigenvalue weighted by atomic mass is 14.6. The summed E-state index contributed by atoms with van der Waals surface area (Å²) in [6.07, 6.45) is 2.46. The summed E-state index contributed by atoms with van der Waals surface area (Å²) < 4.78 is 0. The number of benzene rings is 1. The largest absolute Gasteiger partial charge is 0.351 e. The first-order valence-corrected chi connectivity index (χ1v) is 3.79. The fraction of sp³-hybridized carbons (Fsp3) is 0.333. The van der Waals surface area contributed by atoms with Gasteiger partial charge < -0.3 is 5.73 Å². The summed E-state index contributed by atoms with van der Waals surface area (Å²) in [6.45, 7) is 0. The van der Waals surface area contributed by atoms with E-state index in [1.807, 2.05) is 0 Å². The molecule has 0 amide bonds. The number of fused-ring (bicyclic) bond motifs is 1. The molecule has 1 nitrogen and oxygen atoms in total. The topological polar surface area (TPSA) is 27.6 Å². The van der Waals surface area contributed by atoms with Gasteiger partial charge in [0.15, 0.2) is 0 Å². The highest BCUT2D eigenvalue weighted by Crippen LogP contribution is 2.26. The van der Waals surface area contributed by atoms with Gasteiger partial charge in [-0.05, 0) is 12.0 Å². The summed E-state index contributed by atoms with van der Waals surface area (Å²) in [7, 11) is 0. The Kier molecular flexibility index (Phi) is 1.24. The monoisotopic (exact) mass is 134 g/mol. The molecule has 10 heavy (non-hydrogen) atoms. The molecule has 0 saturated carbocycles. The smallest absolute Gasteiger partial charge is 0.111 e. The van der Waals surface area contributed by atoms with Crippen molar-refractivity contribution in [3.63, 3.8) is 0 Å². The first kappa shape index (κ1) is 5.93. The molecule has 0 radical (unpaired) electrons. The molecule has 2 rings (SSSR count). The first-order valence-electron chi connectivity index (χ1n) is 3.79. The van der Waals surface area contributed by atoms with Crippen molar-refractivity contribution in [2.45, 2.75) is 18.9 Å². The normalized spacial score (nSPS) is 22.7. The lowest BCUT2D eigenvalue weighted by Gasteiger charge is -1.98. The predicted octanol–water partition coefficient (Wildman–Crippen LogP) is 0.916. The fourth-order valence-corrected chi connectivity index (χ4v) is 1.65. The van der Waals surface area contributed by atoms with Crippen LogP contribution in [0.4, 0.5) is 0 Å². The zero-order valence-electron chi connectivity index (χ0n) is 6.01. The van der Waals surface area contributed by atoms with Gasteiger partial charge in [-0.2, -0.15) is 0 Å². The van der Waals surface area contributed by atoms with Crippen LogP contribution in [0.1, 0.15) is 23.6 Å². The van der Waals surface area contributed by atoms with E-state index < -0.39 is 0 Å². The Balaban J connectivity index is 2.51. The van der Waals surface area contributed by atoms with Gasteiger partial charge in [0, 0.05) is 12.0 Å². The van der Waals surface area contributed by atoms with Gasteiger partial charge in [0.1, 0.15) is 6.04 Å². The maximum absolute atomic E-state index is 4.08. The van der Waals surface area contributed by atoms with E-state index >= 15 is 0 Å². The second-order valence-electron chi connectivity index (χ2n) is 2.93. The van der Waals surface area contributed by atoms with Crippen molar-refractivity contribution in [2.75, 3.05) is 0 Å². The molecule has 0 aromatic heterocycles. The van der Waals surface area contributed by atoms with Crippen molar-refractivity contribution in [3.8, 4) is 0 Å². The molecule has 0 heterocycles. The third kappa shape index (κ3) is 0.745. The van der Waals surface area contributed by atoms with Crippen LogP contribution >= 0.6 is 0 Å². The Morgan fingerprint density at radius 2 is 2.10 bits per heavy atom. The van der Waals surface area contributed by atoms with E-state index in [0.29, 0.717) is 6.04 Å². The summed E-state index contributed by atoms with van der Waals surface area (Å²) in [4.78, 5) is 0. The van der Waals surface area contributed by atoms with Crippen molar-refractivity contribution in [2.24, 2.45) is 0 Å². The summed E-state index contributed by atoms with van der Waals surface area (Å²) in [5.41, 5.74) is 7.04. The predicted molar refractivity (Wildman–Crippen MR) is 40.4 cm³/mol. The lowest BCUT2D eigenvalue weighted by molar-refractivity contribution is -0.425. The molecule has 0 fully saturated rings. The molecular formula is C9H12N+. The molecule has 1 atom stereocenters. The SMILES string of the molecule is [NH3+][C@@H]1CCc2ccccc21. The van der Waals surface area contributed by atoms with E-state index in [9.17, 15) is 0 Å². The van der Waals surface area contributed by atoms with E-state index in [1.165, 1.54) is 24.0 Å². The second kappa shape index (κ2) is 2.10. The van der Waals surface area contributed by atoms with E-state index in [1.54, 1.807) is 0 Å². The number of hydrogen-bond acceptors (Lipinski definition) is 0. The van der Waals surface area contributed by atoms with Crippen LogP contribution in [0.15, 0.2) is 24.3 Å². The summed E-state index contributed by atoms with van der Waals surface area (Å²) in [5, 5.41) is 0. The number of hydrogen-bond donors (Lipinski definition) is 1. The Bertz CT molecular complexity index is 242. The van der Waals surface area contributed by atoms with Crippen LogP contribution in [0.2, 0.25) is 0 Å². The molecule has 0 bridgehead atoms. The number of quaternary nitrogens is 1. The van der Waals surface area contributed by atoms with Gasteiger partial charge in [-0.25, -0.2) is 0 Å². The zero-order chi connectivity index (χ0) is 6.97. The van der Waals surface area contributed by atoms with Gasteiger partial charge in [-0.15, -0.1) is 0 Å². The second-order valence-corrected chi connectivity index (χ2v) is 2.93. The van der Waals surface area contributed by atoms with Crippen LogP contribution in [0.25, 0.3) is 0 Å². The minimum Gasteiger partial charge on any atom is -0.351 e. The lowest BCUT2D eigenvalue weighted by Crippen LogP contribution is -2.52. The average molecular weight is 134 g/mol. The van der Waals surface area contributed by atoms with Crippen LogP contribution in [0.3, 0.4) is 0 Å². The van der Waals surface area contributed by atoms with Crippen LogP contribution < -0.4 is 5.73 Å². The highest BCUT2D eigenvalue weighted by Gasteiger charge is 2.20. The van der Waals surface area contributed by atoms with Gasteiger partial charge in [0.2, 0.25) is 0 Å². The van der Waals surface area contributed by atoms with Gasteiger partial charge in [0.05, 0.1) is 0 Å². The van der Waals surface area contributed by atoms with Crippen LogP contribution in [-0.2, 0) is 6.42 Å². The van der Waals surface area contributed by atoms with E-state index in [4.69, 9.17) is 0 Å². The quantitative estimate of drug-likeness (QED) is 0.546. The summed E-state index contributed by atoms with van der Waals surface area (Å²) in [5.74, 6) is 0. The van der Waals surface area contributed by atoms with Gasteiger partial charge in [0.25, 0.3) is 0 Å². The molecular weight excluding hydrogens is 122 g/mol. The van der Waals surface area contributed by atoms with Crippen molar-refractivity contribution in [1.29, 1.82) is 0 Å². The van der Waals surface area contributed by atoms with Crippen LogP contribution in [0.5, 0.6) is 0 Å². The highest BCUT2D eigenvalue weighted by molar-refractivity contribution is 5.32. The molecule has 1 heteroatoms. The molecule has 3 N–H and O–H groups in total. The third-order valence-electron chi connectivity index (χ3n) is 2.26. The first-order chi connectivity index (χ1) is 4.88. The van der Waals surface area contributed by atoms with Crippen LogP contribution in [0, 0.1) is 0 Å². The fourth-order valence-electron chi connectivity index (χ4n) is 1.65. The molecule has 1 aliphatic rings. The number of rotatable bonds is 0. The lowest BCUT2D eigenvalue weighted by atomic mass is 10.1. The Morgan fingerprint density at radius 3 is 2.90 bits per heavy atom. The van der Waals surface area contributed by atoms with E-state index in [-0.39, 0.29) is 0 Å². The van der Waals surface area contributed by atoms with Gasteiger partial charge >= 0.3 is 0 Å². The standard InChI is InChI=1S/C9H11N/c10-9-6-5-7-3-1-2-4-8(7)9/h1-4,9H,5-6,10H2/p+1/t9-/m1/s1. The molecule has 0 saturated heterocycles. The van der Waals surface area contributed by atoms with Crippen molar-refractivity contribution >= 4 is 0 Å². The molecule has 1 aromatic rings. The average Bonchev–Trinajstić information content (AvgIpc) is 2.34. The third-order valence-corrected chi connectivity index (χ3v) is 2.26. The molecule has 52 valence electrons. The summed E-state index contributed by atoms with van der Waals surface area (Å²) >= 11 is 0. The van der Waals surface area contributed by atoms with Gasteiger partial charge in [-0.1, -0.05) is 24.3 Å². The minimum atomic E-state index is 0.552. The summed E-state index contributed by atoms with van der Waals surface area (Å²) in [6, 6.07) is 9.16.